The van der Waals surface area contributed by atoms with Crippen LogP contribution in [0.3, 0.4) is 0 Å². The van der Waals surface area contributed by atoms with Crippen molar-refractivity contribution in [2.45, 2.75) is 19.8 Å². The monoisotopic (exact) mass is 262 g/mol. The maximum Gasteiger partial charge on any atom is 0.138 e. The second kappa shape index (κ2) is 5.76. The van der Waals surface area contributed by atoms with E-state index in [4.69, 9.17) is 27.9 Å². The normalized spacial score (nSPS) is 12.9. The first-order valence-corrected chi connectivity index (χ1v) is 5.91. The van der Waals surface area contributed by atoms with Crippen molar-refractivity contribution in [3.63, 3.8) is 0 Å². The van der Waals surface area contributed by atoms with E-state index in [-0.39, 0.29) is 12.5 Å². The third kappa shape index (κ3) is 2.62. The van der Waals surface area contributed by atoms with Crippen molar-refractivity contribution in [2.75, 3.05) is 13.7 Å². The van der Waals surface area contributed by atoms with Gasteiger partial charge in [0, 0.05) is 5.92 Å². The van der Waals surface area contributed by atoms with E-state index in [1.807, 2.05) is 19.9 Å². The van der Waals surface area contributed by atoms with E-state index in [0.29, 0.717) is 21.7 Å². The summed E-state index contributed by atoms with van der Waals surface area (Å²) in [7, 11) is 1.54. The van der Waals surface area contributed by atoms with Crippen molar-refractivity contribution in [3.05, 3.63) is 27.7 Å². The van der Waals surface area contributed by atoms with Gasteiger partial charge in [0.1, 0.15) is 10.8 Å². The third-order valence-electron chi connectivity index (χ3n) is 2.70. The van der Waals surface area contributed by atoms with Crippen LogP contribution in [0.5, 0.6) is 5.75 Å². The first-order valence-electron chi connectivity index (χ1n) is 5.15. The molecule has 0 fully saturated rings. The summed E-state index contributed by atoms with van der Waals surface area (Å²) in [5.74, 6) is 0.846. The Balaban J connectivity index is 3.20. The highest BCUT2D eigenvalue weighted by molar-refractivity contribution is 6.43. The predicted molar refractivity (Wildman–Crippen MR) is 67.7 cm³/mol. The number of benzene rings is 1. The van der Waals surface area contributed by atoms with Crippen LogP contribution in [0.1, 0.15) is 25.3 Å². The van der Waals surface area contributed by atoms with E-state index in [1.54, 1.807) is 13.2 Å². The first kappa shape index (κ1) is 13.6. The Labute approximate surface area is 106 Å². The molecule has 0 spiro atoms. The SMILES string of the molecule is COc1ccc(C(CO)C(C)C)c(Cl)c1Cl. The summed E-state index contributed by atoms with van der Waals surface area (Å²) in [4.78, 5) is 0. The van der Waals surface area contributed by atoms with Crippen LogP contribution in [0, 0.1) is 5.92 Å². The summed E-state index contributed by atoms with van der Waals surface area (Å²) in [6.45, 7) is 4.13. The highest BCUT2D eigenvalue weighted by Crippen LogP contribution is 2.39. The Kier molecular flexibility index (Phi) is 4.90. The highest BCUT2D eigenvalue weighted by Gasteiger charge is 2.20. The number of halogens is 2. The quantitative estimate of drug-likeness (QED) is 0.896. The van der Waals surface area contributed by atoms with Crippen LogP contribution in [-0.2, 0) is 0 Å². The molecule has 0 saturated carbocycles. The van der Waals surface area contributed by atoms with Crippen LogP contribution in [0.25, 0.3) is 0 Å². The summed E-state index contributed by atoms with van der Waals surface area (Å²) < 4.78 is 5.08. The van der Waals surface area contributed by atoms with Gasteiger partial charge in [-0.1, -0.05) is 43.1 Å². The molecular formula is C12H16Cl2O2. The highest BCUT2D eigenvalue weighted by atomic mass is 35.5. The number of rotatable bonds is 4. The Hall–Kier alpha value is -0.440. The second-order valence-electron chi connectivity index (χ2n) is 4.02. The maximum absolute atomic E-state index is 9.36. The minimum atomic E-state index is -0.00379. The van der Waals surface area contributed by atoms with Gasteiger partial charge >= 0.3 is 0 Å². The minimum Gasteiger partial charge on any atom is -0.495 e. The second-order valence-corrected chi connectivity index (χ2v) is 4.77. The van der Waals surface area contributed by atoms with Gasteiger partial charge in [0.25, 0.3) is 0 Å². The Morgan fingerprint density at radius 3 is 2.31 bits per heavy atom. The molecular weight excluding hydrogens is 247 g/mol. The fourth-order valence-corrected chi connectivity index (χ4v) is 2.20. The molecule has 1 N–H and O–H groups in total. The van der Waals surface area contributed by atoms with E-state index >= 15 is 0 Å². The summed E-state index contributed by atoms with van der Waals surface area (Å²) >= 11 is 12.2. The van der Waals surface area contributed by atoms with E-state index in [2.05, 4.69) is 0 Å². The van der Waals surface area contributed by atoms with Crippen molar-refractivity contribution >= 4 is 23.2 Å². The number of methoxy groups -OCH3 is 1. The molecule has 90 valence electrons. The van der Waals surface area contributed by atoms with Crippen LogP contribution < -0.4 is 4.74 Å². The Morgan fingerprint density at radius 1 is 1.25 bits per heavy atom. The molecule has 0 aromatic heterocycles. The molecule has 0 bridgehead atoms. The standard InChI is InChI=1S/C12H16Cl2O2/c1-7(2)9(6-15)8-4-5-10(16-3)12(14)11(8)13/h4-5,7,9,15H,6H2,1-3H3. The zero-order chi connectivity index (χ0) is 12.3. The maximum atomic E-state index is 9.36. The molecule has 16 heavy (non-hydrogen) atoms. The smallest absolute Gasteiger partial charge is 0.138 e. The van der Waals surface area contributed by atoms with Crippen molar-refractivity contribution < 1.29 is 9.84 Å². The molecule has 0 amide bonds. The average molecular weight is 263 g/mol. The van der Waals surface area contributed by atoms with Crippen molar-refractivity contribution in [3.8, 4) is 5.75 Å². The van der Waals surface area contributed by atoms with E-state index < -0.39 is 0 Å². The van der Waals surface area contributed by atoms with Crippen LogP contribution >= 0.6 is 23.2 Å². The van der Waals surface area contributed by atoms with Gasteiger partial charge in [-0.15, -0.1) is 0 Å². The summed E-state index contributed by atoms with van der Waals surface area (Å²) in [6.07, 6.45) is 0. The van der Waals surface area contributed by atoms with E-state index in [0.717, 1.165) is 5.56 Å². The lowest BCUT2D eigenvalue weighted by atomic mass is 9.89. The minimum absolute atomic E-state index is 0.00379. The van der Waals surface area contributed by atoms with Crippen LogP contribution in [0.15, 0.2) is 12.1 Å². The van der Waals surface area contributed by atoms with Gasteiger partial charge in [-0.2, -0.15) is 0 Å². The predicted octanol–water partition coefficient (Wildman–Crippen LogP) is 3.73. The lowest BCUT2D eigenvalue weighted by Crippen LogP contribution is -2.12. The molecule has 1 rings (SSSR count). The number of hydrogen-bond donors (Lipinski definition) is 1. The third-order valence-corrected chi connectivity index (χ3v) is 3.58. The zero-order valence-electron chi connectivity index (χ0n) is 9.63. The van der Waals surface area contributed by atoms with Gasteiger partial charge in [-0.3, -0.25) is 0 Å². The van der Waals surface area contributed by atoms with E-state index in [1.165, 1.54) is 0 Å². The van der Waals surface area contributed by atoms with Crippen LogP contribution in [0.4, 0.5) is 0 Å². The molecule has 0 saturated heterocycles. The van der Waals surface area contributed by atoms with Crippen molar-refractivity contribution in [1.82, 2.24) is 0 Å². The van der Waals surface area contributed by atoms with Crippen molar-refractivity contribution in [1.29, 1.82) is 0 Å². The topological polar surface area (TPSA) is 29.5 Å². The van der Waals surface area contributed by atoms with Gasteiger partial charge < -0.3 is 9.84 Å². The summed E-state index contributed by atoms with van der Waals surface area (Å²) in [5.41, 5.74) is 0.866. The van der Waals surface area contributed by atoms with Gasteiger partial charge in [0.15, 0.2) is 0 Å². The van der Waals surface area contributed by atoms with Crippen molar-refractivity contribution in [2.24, 2.45) is 5.92 Å². The number of hydrogen-bond acceptors (Lipinski definition) is 2. The fourth-order valence-electron chi connectivity index (χ4n) is 1.66. The zero-order valence-corrected chi connectivity index (χ0v) is 11.1. The van der Waals surface area contributed by atoms with Gasteiger partial charge in [0.05, 0.1) is 18.7 Å². The molecule has 0 aliphatic rings. The Morgan fingerprint density at radius 2 is 1.88 bits per heavy atom. The molecule has 0 radical (unpaired) electrons. The largest absolute Gasteiger partial charge is 0.495 e. The molecule has 1 unspecified atom stereocenters. The lowest BCUT2D eigenvalue weighted by molar-refractivity contribution is 0.237. The molecule has 0 heterocycles. The Bertz CT molecular complexity index is 364. The fraction of sp³-hybridized carbons (Fsp3) is 0.500. The molecule has 1 aromatic carbocycles. The summed E-state index contributed by atoms with van der Waals surface area (Å²) in [6, 6.07) is 3.63. The number of aliphatic hydroxyl groups is 1. The van der Waals surface area contributed by atoms with E-state index in [9.17, 15) is 5.11 Å². The molecule has 0 aliphatic carbocycles. The van der Waals surface area contributed by atoms with Gasteiger partial charge in [0.2, 0.25) is 0 Å². The number of ether oxygens (including phenoxy) is 1. The molecule has 1 aromatic rings. The first-order chi connectivity index (χ1) is 7.52. The molecule has 1 atom stereocenters. The van der Waals surface area contributed by atoms with Crippen LogP contribution in [0.2, 0.25) is 10.0 Å². The average Bonchev–Trinajstić information content (AvgIpc) is 2.25. The van der Waals surface area contributed by atoms with Gasteiger partial charge in [-0.25, -0.2) is 0 Å². The molecule has 4 heteroatoms. The van der Waals surface area contributed by atoms with Gasteiger partial charge in [-0.05, 0) is 17.5 Å². The van der Waals surface area contributed by atoms with Crippen LogP contribution in [-0.4, -0.2) is 18.8 Å². The molecule has 2 nitrogen and oxygen atoms in total. The molecule has 0 aliphatic heterocycles. The summed E-state index contributed by atoms with van der Waals surface area (Å²) in [5, 5.41) is 10.2. The lowest BCUT2D eigenvalue weighted by Gasteiger charge is -2.21. The number of aliphatic hydroxyl groups excluding tert-OH is 1.